The second-order valence-corrected chi connectivity index (χ2v) is 3.54. The van der Waals surface area contributed by atoms with E-state index in [0.717, 1.165) is 0 Å². The highest BCUT2D eigenvalue weighted by Crippen LogP contribution is 2.22. The predicted molar refractivity (Wildman–Crippen MR) is 66.1 cm³/mol. The van der Waals surface area contributed by atoms with Gasteiger partial charge in [0.25, 0.3) is 5.91 Å². The van der Waals surface area contributed by atoms with Crippen LogP contribution in [0.15, 0.2) is 18.2 Å². The molecule has 0 aliphatic carbocycles. The summed E-state index contributed by atoms with van der Waals surface area (Å²) >= 11 is 0. The van der Waals surface area contributed by atoms with Gasteiger partial charge in [0.15, 0.2) is 0 Å². The molecule has 0 saturated heterocycles. The van der Waals surface area contributed by atoms with Crippen LogP contribution < -0.4 is 15.8 Å². The van der Waals surface area contributed by atoms with E-state index in [0.29, 0.717) is 36.6 Å². The lowest BCUT2D eigenvalue weighted by atomic mass is 10.1. The van der Waals surface area contributed by atoms with Crippen molar-refractivity contribution in [1.82, 2.24) is 5.32 Å². The molecule has 1 rings (SSSR count). The highest BCUT2D eigenvalue weighted by atomic mass is 16.5. The molecule has 0 saturated carbocycles. The summed E-state index contributed by atoms with van der Waals surface area (Å²) in [4.78, 5) is 11.7. The number of rotatable bonds is 6. The molecule has 0 spiro atoms. The Morgan fingerprint density at radius 2 is 2.29 bits per heavy atom. The zero-order valence-electron chi connectivity index (χ0n) is 9.90. The Labute approximate surface area is 101 Å². The average Bonchev–Trinajstić information content (AvgIpc) is 2.30. The van der Waals surface area contributed by atoms with Gasteiger partial charge in [0.05, 0.1) is 12.2 Å². The molecular weight excluding hydrogens is 220 g/mol. The first kappa shape index (κ1) is 13.3. The minimum absolute atomic E-state index is 0.0544. The molecule has 1 aromatic rings. The number of hydrogen-bond donors (Lipinski definition) is 3. The highest BCUT2D eigenvalue weighted by molar-refractivity contribution is 5.97. The third kappa shape index (κ3) is 3.96. The van der Waals surface area contributed by atoms with Crippen LogP contribution in [0.4, 0.5) is 5.69 Å². The van der Waals surface area contributed by atoms with Gasteiger partial charge >= 0.3 is 0 Å². The maximum atomic E-state index is 11.7. The number of aliphatic hydroxyl groups excluding tert-OH is 1. The summed E-state index contributed by atoms with van der Waals surface area (Å²) in [5.74, 6) is 0.260. The first-order valence-corrected chi connectivity index (χ1v) is 5.60. The fourth-order valence-corrected chi connectivity index (χ4v) is 1.35. The molecule has 0 radical (unpaired) electrons. The molecule has 1 amide bonds. The van der Waals surface area contributed by atoms with Crippen molar-refractivity contribution < 1.29 is 14.6 Å². The maximum absolute atomic E-state index is 11.7. The standard InChI is InChI=1S/C12H18N2O3/c1-2-14-12(16)10-5-4-9(13)8-11(10)17-7-3-6-15/h4-5,8,15H,2-3,6-7,13H2,1H3,(H,14,16). The van der Waals surface area contributed by atoms with Gasteiger partial charge in [0.2, 0.25) is 0 Å². The number of nitrogens with one attached hydrogen (secondary N) is 1. The summed E-state index contributed by atoms with van der Waals surface area (Å²) < 4.78 is 5.43. The molecule has 1 aromatic carbocycles. The third-order valence-corrected chi connectivity index (χ3v) is 2.15. The fraction of sp³-hybridized carbons (Fsp3) is 0.417. The number of nitrogens with two attached hydrogens (primary N) is 1. The van der Waals surface area contributed by atoms with Gasteiger partial charge < -0.3 is 20.9 Å². The van der Waals surface area contributed by atoms with Crippen LogP contribution in [0, 0.1) is 0 Å². The summed E-state index contributed by atoms with van der Waals surface area (Å²) in [5, 5.41) is 11.4. The minimum atomic E-state index is -0.188. The Balaban J connectivity index is 2.83. The Hall–Kier alpha value is -1.75. The van der Waals surface area contributed by atoms with Crippen molar-refractivity contribution in [3.05, 3.63) is 23.8 Å². The van der Waals surface area contributed by atoms with Gasteiger partial charge in [-0.15, -0.1) is 0 Å². The topological polar surface area (TPSA) is 84.6 Å². The number of amides is 1. The van der Waals surface area contributed by atoms with Crippen LogP contribution in [0.3, 0.4) is 0 Å². The SMILES string of the molecule is CCNC(=O)c1ccc(N)cc1OCCCO. The highest BCUT2D eigenvalue weighted by Gasteiger charge is 2.11. The molecule has 17 heavy (non-hydrogen) atoms. The van der Waals surface area contributed by atoms with E-state index < -0.39 is 0 Å². The predicted octanol–water partition coefficient (Wildman–Crippen LogP) is 0.780. The normalized spacial score (nSPS) is 10.0. The number of aliphatic hydroxyl groups is 1. The fourth-order valence-electron chi connectivity index (χ4n) is 1.35. The van der Waals surface area contributed by atoms with Crippen LogP contribution in [0.25, 0.3) is 0 Å². The molecule has 0 aromatic heterocycles. The van der Waals surface area contributed by atoms with Gasteiger partial charge in [-0.2, -0.15) is 0 Å². The zero-order valence-corrected chi connectivity index (χ0v) is 9.90. The zero-order chi connectivity index (χ0) is 12.7. The average molecular weight is 238 g/mol. The first-order valence-electron chi connectivity index (χ1n) is 5.60. The van der Waals surface area contributed by atoms with Crippen LogP contribution in [0.2, 0.25) is 0 Å². The number of anilines is 1. The van der Waals surface area contributed by atoms with Gasteiger partial charge in [0.1, 0.15) is 5.75 Å². The lowest BCUT2D eigenvalue weighted by Gasteiger charge is -2.11. The van der Waals surface area contributed by atoms with Crippen molar-refractivity contribution in [1.29, 1.82) is 0 Å². The molecule has 0 aliphatic heterocycles. The van der Waals surface area contributed by atoms with Gasteiger partial charge in [-0.3, -0.25) is 4.79 Å². The summed E-state index contributed by atoms with van der Waals surface area (Å²) in [7, 11) is 0. The molecule has 5 nitrogen and oxygen atoms in total. The van der Waals surface area contributed by atoms with Crippen LogP contribution >= 0.6 is 0 Å². The monoisotopic (exact) mass is 238 g/mol. The Kier molecular flexibility index (Phi) is 5.29. The van der Waals surface area contributed by atoms with E-state index in [4.69, 9.17) is 15.6 Å². The van der Waals surface area contributed by atoms with Gasteiger partial charge in [-0.05, 0) is 19.1 Å². The van der Waals surface area contributed by atoms with Gasteiger partial charge in [-0.1, -0.05) is 0 Å². The summed E-state index contributed by atoms with van der Waals surface area (Å²) in [5.41, 5.74) is 6.64. The molecule has 0 unspecified atom stereocenters. The van der Waals surface area contributed by atoms with Gasteiger partial charge in [0, 0.05) is 31.3 Å². The van der Waals surface area contributed by atoms with Crippen LogP contribution in [0.1, 0.15) is 23.7 Å². The molecule has 0 heterocycles. The van der Waals surface area contributed by atoms with E-state index in [2.05, 4.69) is 5.32 Å². The second-order valence-electron chi connectivity index (χ2n) is 3.54. The van der Waals surface area contributed by atoms with E-state index in [1.165, 1.54) is 0 Å². The molecule has 5 heteroatoms. The largest absolute Gasteiger partial charge is 0.493 e. The van der Waals surface area contributed by atoms with Crippen molar-refractivity contribution in [3.63, 3.8) is 0 Å². The Bertz CT molecular complexity index is 380. The van der Waals surface area contributed by atoms with Crippen LogP contribution in [-0.4, -0.2) is 30.8 Å². The van der Waals surface area contributed by atoms with E-state index in [-0.39, 0.29) is 12.5 Å². The third-order valence-electron chi connectivity index (χ3n) is 2.15. The first-order chi connectivity index (χ1) is 8.19. The number of carbonyl (C=O) groups is 1. The number of hydrogen-bond acceptors (Lipinski definition) is 4. The number of nitrogen functional groups attached to an aromatic ring is 1. The van der Waals surface area contributed by atoms with Crippen LogP contribution in [0.5, 0.6) is 5.75 Å². The molecule has 94 valence electrons. The lowest BCUT2D eigenvalue weighted by molar-refractivity contribution is 0.0951. The van der Waals surface area contributed by atoms with Gasteiger partial charge in [-0.25, -0.2) is 0 Å². The van der Waals surface area contributed by atoms with Crippen molar-refractivity contribution in [3.8, 4) is 5.75 Å². The Morgan fingerprint density at radius 1 is 1.53 bits per heavy atom. The van der Waals surface area contributed by atoms with E-state index >= 15 is 0 Å². The van der Waals surface area contributed by atoms with E-state index in [1.54, 1.807) is 18.2 Å². The quantitative estimate of drug-likeness (QED) is 0.505. The van der Waals surface area contributed by atoms with Crippen molar-refractivity contribution in [2.75, 3.05) is 25.5 Å². The Morgan fingerprint density at radius 3 is 2.94 bits per heavy atom. The molecule has 0 aliphatic rings. The second kappa shape index (κ2) is 6.75. The van der Waals surface area contributed by atoms with Crippen molar-refractivity contribution in [2.24, 2.45) is 0 Å². The number of benzene rings is 1. The lowest BCUT2D eigenvalue weighted by Crippen LogP contribution is -2.23. The van der Waals surface area contributed by atoms with E-state index in [1.807, 2.05) is 6.92 Å². The number of carbonyl (C=O) groups excluding carboxylic acids is 1. The van der Waals surface area contributed by atoms with E-state index in [9.17, 15) is 4.79 Å². The maximum Gasteiger partial charge on any atom is 0.255 e. The smallest absolute Gasteiger partial charge is 0.255 e. The summed E-state index contributed by atoms with van der Waals surface area (Å²) in [6, 6.07) is 4.90. The minimum Gasteiger partial charge on any atom is -0.493 e. The molecule has 0 fully saturated rings. The van der Waals surface area contributed by atoms with Crippen LogP contribution in [-0.2, 0) is 0 Å². The molecule has 0 atom stereocenters. The summed E-state index contributed by atoms with van der Waals surface area (Å²) in [6.45, 7) is 2.81. The molecule has 4 N–H and O–H groups in total. The van der Waals surface area contributed by atoms with Crippen molar-refractivity contribution in [2.45, 2.75) is 13.3 Å². The number of ether oxygens (including phenoxy) is 1. The molecular formula is C12H18N2O3. The molecule has 0 bridgehead atoms. The summed E-state index contributed by atoms with van der Waals surface area (Å²) in [6.07, 6.45) is 0.517. The van der Waals surface area contributed by atoms with Crippen molar-refractivity contribution >= 4 is 11.6 Å².